The van der Waals surface area contributed by atoms with Crippen molar-refractivity contribution in [1.82, 2.24) is 0 Å². The molecule has 3 nitrogen and oxygen atoms in total. The van der Waals surface area contributed by atoms with E-state index in [1.807, 2.05) is 0 Å². The number of hydrogen-bond acceptors (Lipinski definition) is 2. The lowest BCUT2D eigenvalue weighted by molar-refractivity contribution is -0.148. The second kappa shape index (κ2) is 3.84. The molecule has 0 amide bonds. The zero-order valence-corrected chi connectivity index (χ0v) is 8.30. The van der Waals surface area contributed by atoms with E-state index in [1.54, 1.807) is 0 Å². The molecule has 2 bridgehead atoms. The molecule has 0 unspecified atom stereocenters. The van der Waals surface area contributed by atoms with Gasteiger partial charge in [0.1, 0.15) is 0 Å². The van der Waals surface area contributed by atoms with Gasteiger partial charge in [-0.2, -0.15) is 0 Å². The molecule has 0 aromatic rings. The van der Waals surface area contributed by atoms with Gasteiger partial charge in [0, 0.05) is 6.04 Å². The summed E-state index contributed by atoms with van der Waals surface area (Å²) in [5.74, 6) is -0.0898. The van der Waals surface area contributed by atoms with Gasteiger partial charge in [0.05, 0.1) is 5.92 Å². The summed E-state index contributed by atoms with van der Waals surface area (Å²) < 4.78 is 0. The lowest BCUT2D eigenvalue weighted by Crippen LogP contribution is -2.52. The molecule has 3 aliphatic carbocycles. The molecule has 0 heterocycles. The Labute approximate surface area is 84.1 Å². The summed E-state index contributed by atoms with van der Waals surface area (Å²) in [7, 11) is 0. The Balaban J connectivity index is 0.000000845. The van der Waals surface area contributed by atoms with E-state index in [2.05, 4.69) is 0 Å². The summed E-state index contributed by atoms with van der Waals surface area (Å²) in [6, 6.07) is -0.0741. The van der Waals surface area contributed by atoms with Crippen molar-refractivity contribution >= 4 is 18.4 Å². The van der Waals surface area contributed by atoms with Crippen molar-refractivity contribution in [2.45, 2.75) is 31.7 Å². The van der Waals surface area contributed by atoms with Crippen LogP contribution in [0.15, 0.2) is 0 Å². The van der Waals surface area contributed by atoms with Crippen LogP contribution >= 0.6 is 12.4 Å². The van der Waals surface area contributed by atoms with Crippen molar-refractivity contribution in [2.75, 3.05) is 0 Å². The molecule has 3 rings (SSSR count). The Morgan fingerprint density at radius 2 is 1.62 bits per heavy atom. The average molecular weight is 206 g/mol. The quantitative estimate of drug-likeness (QED) is 0.678. The minimum absolute atomic E-state index is 0. The van der Waals surface area contributed by atoms with Crippen LogP contribution in [-0.2, 0) is 4.79 Å². The molecule has 0 spiro atoms. The van der Waals surface area contributed by atoms with Crippen LogP contribution in [0.5, 0.6) is 0 Å². The first-order valence-corrected chi connectivity index (χ1v) is 4.68. The molecule has 2 atom stereocenters. The van der Waals surface area contributed by atoms with Crippen LogP contribution in [0, 0.1) is 17.8 Å². The van der Waals surface area contributed by atoms with Gasteiger partial charge in [-0.15, -0.1) is 12.4 Å². The maximum atomic E-state index is 10.9. The van der Waals surface area contributed by atoms with E-state index in [1.165, 1.54) is 0 Å². The summed E-state index contributed by atoms with van der Waals surface area (Å²) in [4.78, 5) is 10.9. The molecule has 3 saturated carbocycles. The smallest absolute Gasteiger partial charge is 0.308 e. The minimum atomic E-state index is -0.683. The number of hydrogen-bond donors (Lipinski definition) is 2. The Morgan fingerprint density at radius 1 is 1.15 bits per heavy atom. The van der Waals surface area contributed by atoms with Gasteiger partial charge >= 0.3 is 5.97 Å². The van der Waals surface area contributed by atoms with Gasteiger partial charge in [-0.25, -0.2) is 0 Å². The van der Waals surface area contributed by atoms with Crippen molar-refractivity contribution in [2.24, 2.45) is 23.5 Å². The number of fused-ring (bicyclic) bond motifs is 3. The Hall–Kier alpha value is -0.280. The van der Waals surface area contributed by atoms with E-state index in [-0.39, 0.29) is 24.4 Å². The lowest BCUT2D eigenvalue weighted by Gasteiger charge is -2.45. The first kappa shape index (κ1) is 10.8. The van der Waals surface area contributed by atoms with Crippen molar-refractivity contribution in [3.05, 3.63) is 0 Å². The zero-order valence-electron chi connectivity index (χ0n) is 7.48. The molecule has 0 saturated heterocycles. The first-order chi connectivity index (χ1) is 5.70. The predicted octanol–water partition coefficient (Wildman–Crippen LogP) is 1.26. The highest BCUT2D eigenvalue weighted by molar-refractivity contribution is 5.85. The molecule has 76 valence electrons. The summed E-state index contributed by atoms with van der Waals surface area (Å²) in [5, 5.41) is 8.95. The van der Waals surface area contributed by atoms with E-state index in [4.69, 9.17) is 10.8 Å². The number of carboxylic acids is 1. The summed E-state index contributed by atoms with van der Waals surface area (Å²) in [5.41, 5.74) is 5.88. The van der Waals surface area contributed by atoms with E-state index in [9.17, 15) is 4.79 Å². The molecule has 3 fully saturated rings. The number of nitrogens with two attached hydrogens (primary N) is 1. The molecule has 0 aliphatic heterocycles. The third-order valence-corrected chi connectivity index (χ3v) is 3.57. The van der Waals surface area contributed by atoms with Gasteiger partial charge in [0.25, 0.3) is 0 Å². The molecule has 4 heteroatoms. The average Bonchev–Trinajstić information content (AvgIpc) is 2.05. The van der Waals surface area contributed by atoms with Gasteiger partial charge in [0.15, 0.2) is 0 Å². The summed E-state index contributed by atoms with van der Waals surface area (Å²) in [6.45, 7) is 0. The van der Waals surface area contributed by atoms with Gasteiger partial charge in [-0.3, -0.25) is 4.79 Å². The maximum absolute atomic E-state index is 10.9. The lowest BCUT2D eigenvalue weighted by atomic mass is 9.62. The van der Waals surface area contributed by atoms with Crippen molar-refractivity contribution in [3.8, 4) is 0 Å². The monoisotopic (exact) mass is 205 g/mol. The Bertz CT molecular complexity index is 200. The van der Waals surface area contributed by atoms with Crippen LogP contribution in [0.3, 0.4) is 0 Å². The van der Waals surface area contributed by atoms with E-state index in [0.29, 0.717) is 11.8 Å². The molecule has 3 N–H and O–H groups in total. The standard InChI is InChI=1S/C9H15NO2.ClH/c10-8-6-3-1-5(2-4-6)7(8)9(11)12;/h5-8H,1-4,10H2,(H,11,12);1H/t5?,6?,7-,8-;/m0./s1. The summed E-state index contributed by atoms with van der Waals surface area (Å²) in [6.07, 6.45) is 4.45. The predicted molar refractivity (Wildman–Crippen MR) is 51.8 cm³/mol. The number of carbonyl (C=O) groups is 1. The van der Waals surface area contributed by atoms with Crippen LogP contribution in [0.1, 0.15) is 25.7 Å². The van der Waals surface area contributed by atoms with Gasteiger partial charge in [0.2, 0.25) is 0 Å². The van der Waals surface area contributed by atoms with E-state index in [0.717, 1.165) is 25.7 Å². The molecule has 13 heavy (non-hydrogen) atoms. The van der Waals surface area contributed by atoms with E-state index >= 15 is 0 Å². The van der Waals surface area contributed by atoms with Crippen molar-refractivity contribution < 1.29 is 9.90 Å². The fraction of sp³-hybridized carbons (Fsp3) is 0.889. The third-order valence-electron chi connectivity index (χ3n) is 3.57. The van der Waals surface area contributed by atoms with Gasteiger partial charge < -0.3 is 10.8 Å². The highest BCUT2D eigenvalue weighted by Gasteiger charge is 2.45. The highest BCUT2D eigenvalue weighted by Crippen LogP contribution is 2.44. The first-order valence-electron chi connectivity index (χ1n) is 4.68. The summed E-state index contributed by atoms with van der Waals surface area (Å²) >= 11 is 0. The van der Waals surface area contributed by atoms with E-state index < -0.39 is 5.97 Å². The number of rotatable bonds is 1. The maximum Gasteiger partial charge on any atom is 0.308 e. The molecule has 0 radical (unpaired) electrons. The zero-order chi connectivity index (χ0) is 8.72. The van der Waals surface area contributed by atoms with Crippen LogP contribution in [0.2, 0.25) is 0 Å². The molecule has 0 aromatic heterocycles. The van der Waals surface area contributed by atoms with Crippen molar-refractivity contribution in [3.63, 3.8) is 0 Å². The van der Waals surface area contributed by atoms with Gasteiger partial charge in [-0.1, -0.05) is 0 Å². The topological polar surface area (TPSA) is 63.3 Å². The Morgan fingerprint density at radius 3 is 1.92 bits per heavy atom. The van der Waals surface area contributed by atoms with Crippen LogP contribution in [0.4, 0.5) is 0 Å². The normalized spacial score (nSPS) is 42.5. The third kappa shape index (κ3) is 1.67. The van der Waals surface area contributed by atoms with Gasteiger partial charge in [-0.05, 0) is 37.5 Å². The van der Waals surface area contributed by atoms with Crippen LogP contribution in [-0.4, -0.2) is 17.1 Å². The molecular formula is C9H16ClNO2. The minimum Gasteiger partial charge on any atom is -0.481 e. The fourth-order valence-electron chi connectivity index (χ4n) is 2.86. The van der Waals surface area contributed by atoms with Crippen LogP contribution in [0.25, 0.3) is 0 Å². The molecule has 0 aromatic carbocycles. The molecular weight excluding hydrogens is 190 g/mol. The Kier molecular flexibility index (Phi) is 3.19. The fourth-order valence-corrected chi connectivity index (χ4v) is 2.86. The highest BCUT2D eigenvalue weighted by atomic mass is 35.5. The number of carboxylic acid groups (broad SMARTS) is 1. The molecule has 3 aliphatic rings. The van der Waals surface area contributed by atoms with Crippen molar-refractivity contribution in [1.29, 1.82) is 0 Å². The largest absolute Gasteiger partial charge is 0.481 e. The van der Waals surface area contributed by atoms with Crippen LogP contribution < -0.4 is 5.73 Å². The second-order valence-electron chi connectivity index (χ2n) is 4.12. The number of aliphatic carboxylic acids is 1. The SMILES string of the molecule is Cl.N[C@H]1C2CCC(CC2)[C@@H]1C(=O)O. The second-order valence-corrected chi connectivity index (χ2v) is 4.12. The number of halogens is 1.